The highest BCUT2D eigenvalue weighted by molar-refractivity contribution is 5.73. The van der Waals surface area contributed by atoms with Crippen LogP contribution in [0.25, 0.3) is 0 Å². The highest BCUT2D eigenvalue weighted by Gasteiger charge is 2.53. The molecule has 48 heavy (non-hydrogen) atoms. The van der Waals surface area contributed by atoms with Crippen molar-refractivity contribution in [2.45, 2.75) is 130 Å². The molecule has 4 aliphatic heterocycles. The third kappa shape index (κ3) is 8.24. The number of hydrogen-bond donors (Lipinski definition) is 14. The summed E-state index contributed by atoms with van der Waals surface area (Å²) in [6, 6.07) is -1.49. The monoisotopic (exact) mass is 707 g/mol. The zero-order chi connectivity index (χ0) is 35.6. The normalized spacial score (nSPS) is 50.2. The molecule has 0 aromatic rings. The molecule has 22 nitrogen and oxygen atoms in total. The minimum Gasteiger partial charge on any atom is -0.394 e. The van der Waals surface area contributed by atoms with Crippen molar-refractivity contribution in [1.82, 2.24) is 5.32 Å². The SMILES string of the molecule is CC(=O)N[C@H]1[C@H](O[C@@H]2[C@@H](OC[C@H]3O[C@@H](O[C@H]4[C@H](O)[C@@H](O)C(O)O[C@@H]4CO)[C@H](O)[C@@H](O)[C@@H]3O)O[C@H](CO)[C@@H](O)[C@@H]2O)O[C@H](CO)[C@@H](O)[C@@H]1O. The van der Waals surface area contributed by atoms with Crippen molar-refractivity contribution >= 4 is 5.91 Å². The molecule has 0 aliphatic carbocycles. The first kappa shape index (κ1) is 39.5. The van der Waals surface area contributed by atoms with Crippen LogP contribution in [0.1, 0.15) is 6.92 Å². The molecule has 0 radical (unpaired) electrons. The Balaban J connectivity index is 1.52. The van der Waals surface area contributed by atoms with Crippen LogP contribution in [0, 0.1) is 0 Å². The highest BCUT2D eigenvalue weighted by Crippen LogP contribution is 2.32. The third-order valence-corrected chi connectivity index (χ3v) is 8.59. The molecule has 20 atom stereocenters. The molecule has 4 fully saturated rings. The number of aliphatic hydroxyl groups excluding tert-OH is 13. The van der Waals surface area contributed by atoms with Crippen molar-refractivity contribution < 1.29 is 104 Å². The molecule has 22 heteroatoms. The van der Waals surface area contributed by atoms with Gasteiger partial charge < -0.3 is 105 Å². The van der Waals surface area contributed by atoms with Gasteiger partial charge in [0.15, 0.2) is 25.2 Å². The van der Waals surface area contributed by atoms with Crippen LogP contribution in [0.4, 0.5) is 0 Å². The number of amides is 1. The van der Waals surface area contributed by atoms with Gasteiger partial charge in [-0.3, -0.25) is 4.79 Å². The molecule has 0 aromatic carbocycles. The predicted octanol–water partition coefficient (Wildman–Crippen LogP) is -9.61. The number of aliphatic hydroxyl groups is 13. The third-order valence-electron chi connectivity index (χ3n) is 8.59. The molecule has 14 N–H and O–H groups in total. The summed E-state index contributed by atoms with van der Waals surface area (Å²) in [4.78, 5) is 11.8. The molecule has 4 saturated heterocycles. The second-order valence-electron chi connectivity index (χ2n) is 11.9. The van der Waals surface area contributed by atoms with Gasteiger partial charge in [0.05, 0.1) is 26.4 Å². The Morgan fingerprint density at radius 2 is 1.04 bits per heavy atom. The van der Waals surface area contributed by atoms with Gasteiger partial charge in [-0.15, -0.1) is 0 Å². The van der Waals surface area contributed by atoms with E-state index >= 15 is 0 Å². The Labute approximate surface area is 272 Å². The first-order valence-electron chi connectivity index (χ1n) is 15.1. The molecular weight excluding hydrogens is 662 g/mol. The van der Waals surface area contributed by atoms with E-state index in [-0.39, 0.29) is 0 Å². The average molecular weight is 708 g/mol. The quantitative estimate of drug-likeness (QED) is 0.0947. The van der Waals surface area contributed by atoms with E-state index in [1.807, 2.05) is 0 Å². The van der Waals surface area contributed by atoms with E-state index in [1.165, 1.54) is 0 Å². The maximum Gasteiger partial charge on any atom is 0.217 e. The lowest BCUT2D eigenvalue weighted by Gasteiger charge is -2.47. The lowest BCUT2D eigenvalue weighted by Crippen LogP contribution is -2.68. The van der Waals surface area contributed by atoms with Crippen molar-refractivity contribution in [3.63, 3.8) is 0 Å². The van der Waals surface area contributed by atoms with E-state index in [0.717, 1.165) is 6.92 Å². The van der Waals surface area contributed by atoms with E-state index in [1.54, 1.807) is 0 Å². The summed E-state index contributed by atoms with van der Waals surface area (Å²) >= 11 is 0. The Kier molecular flexibility index (Phi) is 13.8. The van der Waals surface area contributed by atoms with Crippen molar-refractivity contribution in [1.29, 1.82) is 0 Å². The van der Waals surface area contributed by atoms with Crippen molar-refractivity contribution in [3.8, 4) is 0 Å². The number of carbonyl (C=O) groups is 1. The van der Waals surface area contributed by atoms with Gasteiger partial charge in [-0.25, -0.2) is 0 Å². The van der Waals surface area contributed by atoms with Gasteiger partial charge in [0.2, 0.25) is 5.91 Å². The summed E-state index contributed by atoms with van der Waals surface area (Å²) in [6.07, 6.45) is -33.3. The van der Waals surface area contributed by atoms with Crippen molar-refractivity contribution in [2.75, 3.05) is 26.4 Å². The van der Waals surface area contributed by atoms with Crippen molar-refractivity contribution in [3.05, 3.63) is 0 Å². The van der Waals surface area contributed by atoms with Gasteiger partial charge in [0, 0.05) is 6.92 Å². The molecule has 0 saturated carbocycles. The van der Waals surface area contributed by atoms with E-state index < -0.39 is 155 Å². The molecule has 1 amide bonds. The summed E-state index contributed by atoms with van der Waals surface area (Å²) in [7, 11) is 0. The van der Waals surface area contributed by atoms with Gasteiger partial charge in [-0.2, -0.15) is 0 Å². The van der Waals surface area contributed by atoms with E-state index in [9.17, 15) is 71.2 Å². The van der Waals surface area contributed by atoms with Crippen LogP contribution in [0.3, 0.4) is 0 Å². The largest absolute Gasteiger partial charge is 0.394 e. The number of ether oxygens (including phenoxy) is 7. The van der Waals surface area contributed by atoms with Gasteiger partial charge >= 0.3 is 0 Å². The van der Waals surface area contributed by atoms with Crippen LogP contribution >= 0.6 is 0 Å². The second-order valence-corrected chi connectivity index (χ2v) is 11.9. The smallest absolute Gasteiger partial charge is 0.217 e. The summed E-state index contributed by atoms with van der Waals surface area (Å²) < 4.78 is 38.6. The minimum absolute atomic E-state index is 0.691. The molecule has 280 valence electrons. The fourth-order valence-corrected chi connectivity index (χ4v) is 5.82. The van der Waals surface area contributed by atoms with Crippen LogP contribution in [0.5, 0.6) is 0 Å². The number of carbonyl (C=O) groups excluding carboxylic acids is 1. The maximum absolute atomic E-state index is 11.8. The van der Waals surface area contributed by atoms with Crippen LogP contribution in [0.15, 0.2) is 0 Å². The topological polar surface area (TPSA) is 357 Å². The Morgan fingerprint density at radius 3 is 1.62 bits per heavy atom. The zero-order valence-electron chi connectivity index (χ0n) is 25.5. The standard InChI is InChI=1S/C26H45NO21/c1-6(31)27-11-15(35)12(32)7(2-28)44-24(11)48-22-17(37)13(33)8(3-29)45-26(22)42-5-10-14(34)16(36)20(40)25(46-10)47-21-9(4-30)43-23(41)19(39)18(21)38/h7-26,28-30,32-41H,2-5H2,1H3,(H,27,31)/t7-,8-,9-,10-,11-,12-,13-,14-,15-,16+,17+,18-,19-,20-,21-,22+,23?,24+,25+,26+/m1/s1. The first-order valence-corrected chi connectivity index (χ1v) is 15.1. The van der Waals surface area contributed by atoms with Gasteiger partial charge in [-0.05, 0) is 0 Å². The molecule has 4 heterocycles. The summed E-state index contributed by atoms with van der Waals surface area (Å²) in [6.45, 7) is -2.13. The summed E-state index contributed by atoms with van der Waals surface area (Å²) in [5.74, 6) is -0.691. The lowest BCUT2D eigenvalue weighted by molar-refractivity contribution is -0.372. The second kappa shape index (κ2) is 16.8. The number of hydrogen-bond acceptors (Lipinski definition) is 21. The van der Waals surface area contributed by atoms with Gasteiger partial charge in [0.1, 0.15) is 97.6 Å². The predicted molar refractivity (Wildman–Crippen MR) is 145 cm³/mol. The van der Waals surface area contributed by atoms with Crippen LogP contribution in [0.2, 0.25) is 0 Å². The molecule has 0 spiro atoms. The van der Waals surface area contributed by atoms with Gasteiger partial charge in [0.25, 0.3) is 0 Å². The molecule has 4 aliphatic rings. The number of nitrogens with one attached hydrogen (secondary N) is 1. The fourth-order valence-electron chi connectivity index (χ4n) is 5.82. The summed E-state index contributed by atoms with van der Waals surface area (Å²) in [5, 5.41) is 135. The first-order chi connectivity index (χ1) is 22.6. The van der Waals surface area contributed by atoms with Crippen LogP contribution < -0.4 is 5.32 Å². The van der Waals surface area contributed by atoms with E-state index in [4.69, 9.17) is 33.2 Å². The Hall–Kier alpha value is -1.33. The average Bonchev–Trinajstić information content (AvgIpc) is 3.06. The Bertz CT molecular complexity index is 1030. The highest BCUT2D eigenvalue weighted by atomic mass is 16.8. The Morgan fingerprint density at radius 1 is 0.542 bits per heavy atom. The molecule has 0 bridgehead atoms. The van der Waals surface area contributed by atoms with E-state index in [2.05, 4.69) is 5.32 Å². The lowest BCUT2D eigenvalue weighted by atomic mass is 9.95. The molecule has 0 aromatic heterocycles. The van der Waals surface area contributed by atoms with E-state index in [0.29, 0.717) is 0 Å². The van der Waals surface area contributed by atoms with Crippen LogP contribution in [-0.2, 0) is 38.0 Å². The van der Waals surface area contributed by atoms with Crippen LogP contribution in [-0.4, -0.2) is 221 Å². The molecule has 4 rings (SSSR count). The maximum atomic E-state index is 11.8. The molecule has 1 unspecified atom stereocenters. The number of rotatable bonds is 11. The molecular formula is C26H45NO21. The summed E-state index contributed by atoms with van der Waals surface area (Å²) in [5.41, 5.74) is 0. The zero-order valence-corrected chi connectivity index (χ0v) is 25.5. The fraction of sp³-hybridized carbons (Fsp3) is 0.962. The van der Waals surface area contributed by atoms with Crippen molar-refractivity contribution in [2.24, 2.45) is 0 Å². The van der Waals surface area contributed by atoms with Gasteiger partial charge in [-0.1, -0.05) is 0 Å². The minimum atomic E-state index is -1.98.